The van der Waals surface area contributed by atoms with Gasteiger partial charge in [-0.3, -0.25) is 4.79 Å². The number of aromatic nitrogens is 1. The highest BCUT2D eigenvalue weighted by Gasteiger charge is 2.19. The van der Waals surface area contributed by atoms with Crippen molar-refractivity contribution >= 4 is 11.9 Å². The van der Waals surface area contributed by atoms with Gasteiger partial charge in [-0.2, -0.15) is 0 Å². The van der Waals surface area contributed by atoms with E-state index in [4.69, 9.17) is 9.63 Å². The first-order valence-corrected chi connectivity index (χ1v) is 6.39. The Bertz CT molecular complexity index is 434. The van der Waals surface area contributed by atoms with Crippen molar-refractivity contribution in [3.8, 4) is 0 Å². The summed E-state index contributed by atoms with van der Waals surface area (Å²) in [6.45, 7) is 5.50. The lowest BCUT2D eigenvalue weighted by atomic mass is 10.1. The number of hydrogen-bond donors (Lipinski definition) is 2. The van der Waals surface area contributed by atoms with Gasteiger partial charge in [-0.05, 0) is 26.7 Å². The van der Waals surface area contributed by atoms with E-state index in [-0.39, 0.29) is 12.3 Å². The van der Waals surface area contributed by atoms with E-state index in [9.17, 15) is 9.59 Å². The Balaban J connectivity index is 2.49. The molecular weight excluding hydrogens is 248 g/mol. The van der Waals surface area contributed by atoms with E-state index in [1.54, 1.807) is 6.92 Å². The van der Waals surface area contributed by atoms with Crippen molar-refractivity contribution in [3.63, 3.8) is 0 Å². The zero-order chi connectivity index (χ0) is 14.4. The van der Waals surface area contributed by atoms with Crippen LogP contribution < -0.4 is 5.32 Å². The average molecular weight is 268 g/mol. The summed E-state index contributed by atoms with van der Waals surface area (Å²) in [4.78, 5) is 22.7. The number of amides is 1. The second-order valence-corrected chi connectivity index (χ2v) is 4.55. The molecule has 0 bridgehead atoms. The number of aliphatic carboxylic acids is 1. The van der Waals surface area contributed by atoms with Gasteiger partial charge < -0.3 is 14.9 Å². The Kier molecular flexibility index (Phi) is 5.54. The molecule has 6 heteroatoms. The fraction of sp³-hybridized carbons (Fsp3) is 0.615. The van der Waals surface area contributed by atoms with Crippen LogP contribution in [0.5, 0.6) is 0 Å². The van der Waals surface area contributed by atoms with Gasteiger partial charge in [0, 0.05) is 12.0 Å². The van der Waals surface area contributed by atoms with Gasteiger partial charge in [0.2, 0.25) is 5.91 Å². The van der Waals surface area contributed by atoms with Crippen molar-refractivity contribution in [2.24, 2.45) is 0 Å². The summed E-state index contributed by atoms with van der Waals surface area (Å²) in [5, 5.41) is 15.3. The lowest BCUT2D eigenvalue weighted by Crippen LogP contribution is -2.40. The van der Waals surface area contributed by atoms with E-state index in [0.29, 0.717) is 25.0 Å². The zero-order valence-electron chi connectivity index (χ0n) is 11.5. The van der Waals surface area contributed by atoms with Crippen LogP contribution in [0.2, 0.25) is 0 Å². The first kappa shape index (κ1) is 15.2. The van der Waals surface area contributed by atoms with Crippen LogP contribution in [0.4, 0.5) is 0 Å². The van der Waals surface area contributed by atoms with Crippen molar-refractivity contribution in [3.05, 3.63) is 17.0 Å². The molecule has 19 heavy (non-hydrogen) atoms. The second kappa shape index (κ2) is 6.92. The number of carbonyl (C=O) groups excluding carboxylic acids is 1. The lowest BCUT2D eigenvalue weighted by molar-refractivity contribution is -0.142. The first-order valence-electron chi connectivity index (χ1n) is 6.39. The van der Waals surface area contributed by atoms with Gasteiger partial charge in [0.05, 0.1) is 5.69 Å². The van der Waals surface area contributed by atoms with Crippen LogP contribution in [0.3, 0.4) is 0 Å². The maximum atomic E-state index is 11.7. The number of hydrogen-bond acceptors (Lipinski definition) is 4. The Morgan fingerprint density at radius 2 is 2.11 bits per heavy atom. The predicted molar refractivity (Wildman–Crippen MR) is 68.8 cm³/mol. The molecule has 0 aliphatic rings. The van der Waals surface area contributed by atoms with Crippen LogP contribution >= 0.6 is 0 Å². The van der Waals surface area contributed by atoms with Crippen molar-refractivity contribution in [1.82, 2.24) is 10.5 Å². The summed E-state index contributed by atoms with van der Waals surface area (Å²) < 4.78 is 5.01. The Labute approximate surface area is 112 Å². The van der Waals surface area contributed by atoms with E-state index >= 15 is 0 Å². The summed E-state index contributed by atoms with van der Waals surface area (Å²) in [5.74, 6) is -0.554. The second-order valence-electron chi connectivity index (χ2n) is 4.55. The van der Waals surface area contributed by atoms with E-state index in [1.165, 1.54) is 0 Å². The molecule has 0 unspecified atom stereocenters. The third kappa shape index (κ3) is 4.39. The van der Waals surface area contributed by atoms with E-state index in [0.717, 1.165) is 11.3 Å². The van der Waals surface area contributed by atoms with Crippen LogP contribution in [-0.4, -0.2) is 28.2 Å². The lowest BCUT2D eigenvalue weighted by Gasteiger charge is -2.13. The first-order chi connectivity index (χ1) is 8.95. The minimum atomic E-state index is -0.993. The smallest absolute Gasteiger partial charge is 0.326 e. The van der Waals surface area contributed by atoms with Gasteiger partial charge in [0.15, 0.2) is 0 Å². The van der Waals surface area contributed by atoms with Gasteiger partial charge >= 0.3 is 5.97 Å². The molecule has 106 valence electrons. The summed E-state index contributed by atoms with van der Waals surface area (Å²) in [5.41, 5.74) is 1.69. The molecule has 1 amide bonds. The summed E-state index contributed by atoms with van der Waals surface area (Å²) in [6.07, 6.45) is 1.88. The molecule has 2 N–H and O–H groups in total. The van der Waals surface area contributed by atoms with E-state index in [1.807, 2.05) is 13.8 Å². The topological polar surface area (TPSA) is 92.4 Å². The Morgan fingerprint density at radius 3 is 2.58 bits per heavy atom. The Hall–Kier alpha value is -1.85. The molecule has 0 spiro atoms. The third-order valence-electron chi connectivity index (χ3n) is 2.99. The molecule has 1 aromatic heterocycles. The maximum Gasteiger partial charge on any atom is 0.326 e. The molecule has 0 aliphatic heterocycles. The predicted octanol–water partition coefficient (Wildman–Crippen LogP) is 1.59. The van der Waals surface area contributed by atoms with Gasteiger partial charge in [-0.25, -0.2) is 4.79 Å². The van der Waals surface area contributed by atoms with E-state index < -0.39 is 12.0 Å². The van der Waals surface area contributed by atoms with Crippen LogP contribution in [0.1, 0.15) is 43.2 Å². The van der Waals surface area contributed by atoms with Gasteiger partial charge in [-0.1, -0.05) is 18.5 Å². The largest absolute Gasteiger partial charge is 0.480 e. The third-order valence-corrected chi connectivity index (χ3v) is 2.99. The molecule has 1 rings (SSSR count). The molecule has 1 atom stereocenters. The van der Waals surface area contributed by atoms with Gasteiger partial charge in [0.1, 0.15) is 11.8 Å². The van der Waals surface area contributed by atoms with Gasteiger partial charge in [-0.15, -0.1) is 0 Å². The number of carboxylic acid groups (broad SMARTS) is 1. The molecule has 1 aromatic rings. The average Bonchev–Trinajstić information content (AvgIpc) is 2.66. The van der Waals surface area contributed by atoms with Crippen molar-refractivity contribution in [2.75, 3.05) is 0 Å². The number of nitrogens with one attached hydrogen (secondary N) is 1. The molecule has 0 aliphatic carbocycles. The van der Waals surface area contributed by atoms with Crippen LogP contribution in [0.25, 0.3) is 0 Å². The SMILES string of the molecule is CCC[C@H](NC(=O)CCc1c(C)noc1C)C(=O)O. The maximum absolute atomic E-state index is 11.7. The van der Waals surface area contributed by atoms with Crippen LogP contribution in [0.15, 0.2) is 4.52 Å². The zero-order valence-corrected chi connectivity index (χ0v) is 11.5. The summed E-state index contributed by atoms with van der Waals surface area (Å²) >= 11 is 0. The highest BCUT2D eigenvalue weighted by Crippen LogP contribution is 2.14. The van der Waals surface area contributed by atoms with Crippen LogP contribution in [0, 0.1) is 13.8 Å². The number of nitrogens with zero attached hydrogens (tertiary/aromatic N) is 1. The summed E-state index contributed by atoms with van der Waals surface area (Å²) in [6, 6.07) is -0.804. The minimum absolute atomic E-state index is 0.233. The standard InChI is InChI=1S/C13H20N2O4/c1-4-5-11(13(17)18)14-12(16)7-6-10-8(2)15-19-9(10)3/h11H,4-7H2,1-3H3,(H,14,16)(H,17,18)/t11-/m0/s1. The Morgan fingerprint density at radius 1 is 1.42 bits per heavy atom. The highest BCUT2D eigenvalue weighted by molar-refractivity contribution is 5.83. The normalized spacial score (nSPS) is 12.2. The van der Waals surface area contributed by atoms with E-state index in [2.05, 4.69) is 10.5 Å². The van der Waals surface area contributed by atoms with Crippen LogP contribution in [-0.2, 0) is 16.0 Å². The molecule has 0 fully saturated rings. The quantitative estimate of drug-likeness (QED) is 0.783. The van der Waals surface area contributed by atoms with Crippen molar-refractivity contribution in [2.45, 2.75) is 52.5 Å². The fourth-order valence-corrected chi connectivity index (χ4v) is 1.91. The molecular formula is C13H20N2O4. The molecule has 0 aromatic carbocycles. The number of rotatable bonds is 7. The van der Waals surface area contributed by atoms with Gasteiger partial charge in [0.25, 0.3) is 0 Å². The molecule has 0 saturated heterocycles. The molecule has 0 radical (unpaired) electrons. The fourth-order valence-electron chi connectivity index (χ4n) is 1.91. The summed E-state index contributed by atoms with van der Waals surface area (Å²) in [7, 11) is 0. The highest BCUT2D eigenvalue weighted by atomic mass is 16.5. The number of carbonyl (C=O) groups is 2. The van der Waals surface area contributed by atoms with Crippen molar-refractivity contribution in [1.29, 1.82) is 0 Å². The minimum Gasteiger partial charge on any atom is -0.480 e. The molecule has 0 saturated carbocycles. The number of aryl methyl sites for hydroxylation is 2. The molecule has 6 nitrogen and oxygen atoms in total. The van der Waals surface area contributed by atoms with Crippen molar-refractivity contribution < 1.29 is 19.2 Å². The monoisotopic (exact) mass is 268 g/mol. The number of carboxylic acids is 1. The molecule has 1 heterocycles.